The highest BCUT2D eigenvalue weighted by atomic mass is 15.2. The van der Waals surface area contributed by atoms with E-state index in [1.807, 2.05) is 50.5 Å². The highest BCUT2D eigenvalue weighted by Crippen LogP contribution is 2.06. The molecular formula is C10H15N3. The van der Waals surface area contributed by atoms with Gasteiger partial charge in [0, 0.05) is 6.20 Å². The van der Waals surface area contributed by atoms with Crippen molar-refractivity contribution in [2.75, 3.05) is 0 Å². The van der Waals surface area contributed by atoms with Crippen molar-refractivity contribution in [3.63, 3.8) is 0 Å². The second kappa shape index (κ2) is 4.03. The van der Waals surface area contributed by atoms with Gasteiger partial charge in [0.25, 0.3) is 0 Å². The predicted molar refractivity (Wildman–Crippen MR) is 53.8 cm³/mol. The molecule has 0 saturated carbocycles. The molecule has 0 spiro atoms. The number of rotatable bonds is 0. The minimum absolute atomic E-state index is 0.811. The van der Waals surface area contributed by atoms with Crippen molar-refractivity contribution in [1.82, 2.24) is 14.6 Å². The molecule has 0 N–H and O–H groups in total. The van der Waals surface area contributed by atoms with E-state index >= 15 is 0 Å². The molecule has 0 saturated heterocycles. The van der Waals surface area contributed by atoms with E-state index in [2.05, 4.69) is 10.1 Å². The van der Waals surface area contributed by atoms with Crippen LogP contribution in [0.5, 0.6) is 0 Å². The maximum Gasteiger partial charge on any atom is 0.146 e. The molecule has 2 aromatic heterocycles. The molecule has 3 nitrogen and oxygen atoms in total. The first-order valence-corrected chi connectivity index (χ1v) is 4.56. The molecule has 0 radical (unpaired) electrons. The quantitative estimate of drug-likeness (QED) is 0.618. The van der Waals surface area contributed by atoms with Crippen LogP contribution in [-0.2, 0) is 0 Å². The monoisotopic (exact) mass is 177 g/mol. The number of hydrogen-bond donors (Lipinski definition) is 0. The van der Waals surface area contributed by atoms with Crippen LogP contribution < -0.4 is 0 Å². The summed E-state index contributed by atoms with van der Waals surface area (Å²) in [7, 11) is 0. The Bertz CT molecular complexity index is 390. The molecule has 0 fully saturated rings. The number of aromatic nitrogens is 3. The van der Waals surface area contributed by atoms with Gasteiger partial charge in [0.1, 0.15) is 5.82 Å². The Kier molecular flexibility index (Phi) is 3.01. The van der Waals surface area contributed by atoms with Crippen LogP contribution >= 0.6 is 0 Å². The van der Waals surface area contributed by atoms with Crippen molar-refractivity contribution in [1.29, 1.82) is 0 Å². The van der Waals surface area contributed by atoms with Crippen LogP contribution in [0.15, 0.2) is 18.3 Å². The molecule has 2 heterocycles. The maximum atomic E-state index is 4.24. The molecule has 0 aliphatic rings. The van der Waals surface area contributed by atoms with Crippen molar-refractivity contribution < 1.29 is 0 Å². The zero-order valence-corrected chi connectivity index (χ0v) is 8.57. The summed E-state index contributed by atoms with van der Waals surface area (Å²) in [6.07, 6.45) is 1.93. The van der Waals surface area contributed by atoms with E-state index in [9.17, 15) is 0 Å². The number of nitrogens with zero attached hydrogens (tertiary/aromatic N) is 3. The average Bonchev–Trinajstić information content (AvgIpc) is 2.55. The van der Waals surface area contributed by atoms with E-state index in [4.69, 9.17) is 0 Å². The average molecular weight is 177 g/mol. The summed E-state index contributed by atoms with van der Waals surface area (Å²) in [5.74, 6) is 0.811. The first-order valence-electron chi connectivity index (χ1n) is 4.56. The lowest BCUT2D eigenvalue weighted by Gasteiger charge is -1.98. The highest BCUT2D eigenvalue weighted by molar-refractivity contribution is 5.50. The minimum atomic E-state index is 0.811. The van der Waals surface area contributed by atoms with Gasteiger partial charge in [-0.15, -0.1) is 0 Å². The van der Waals surface area contributed by atoms with Crippen molar-refractivity contribution in [2.45, 2.75) is 27.7 Å². The summed E-state index contributed by atoms with van der Waals surface area (Å²) < 4.78 is 1.84. The Morgan fingerprint density at radius 3 is 2.62 bits per heavy atom. The molecular weight excluding hydrogens is 162 g/mol. The molecule has 13 heavy (non-hydrogen) atoms. The van der Waals surface area contributed by atoms with Crippen LogP contribution in [-0.4, -0.2) is 14.6 Å². The number of aryl methyl sites for hydroxylation is 2. The van der Waals surface area contributed by atoms with Gasteiger partial charge in [-0.05, 0) is 26.0 Å². The number of hydrogen-bond acceptors (Lipinski definition) is 2. The molecule has 0 bridgehead atoms. The van der Waals surface area contributed by atoms with E-state index in [1.54, 1.807) is 0 Å². The topological polar surface area (TPSA) is 30.2 Å². The minimum Gasteiger partial charge on any atom is -0.237 e. The first kappa shape index (κ1) is 9.71. The maximum absolute atomic E-state index is 4.24. The summed E-state index contributed by atoms with van der Waals surface area (Å²) in [5, 5.41) is 4.20. The van der Waals surface area contributed by atoms with E-state index in [0.29, 0.717) is 0 Å². The molecule has 0 aliphatic heterocycles. The van der Waals surface area contributed by atoms with Crippen LogP contribution in [0.4, 0.5) is 0 Å². The van der Waals surface area contributed by atoms with Gasteiger partial charge in [-0.3, -0.25) is 0 Å². The Hall–Kier alpha value is -1.38. The lowest BCUT2D eigenvalue weighted by atomic mass is 10.4. The van der Waals surface area contributed by atoms with E-state index < -0.39 is 0 Å². The highest BCUT2D eigenvalue weighted by Gasteiger charge is 1.98. The van der Waals surface area contributed by atoms with Crippen LogP contribution in [0, 0.1) is 13.8 Å². The third-order valence-corrected chi connectivity index (χ3v) is 1.68. The summed E-state index contributed by atoms with van der Waals surface area (Å²) in [6, 6.07) is 3.98. The van der Waals surface area contributed by atoms with Crippen molar-refractivity contribution in [3.05, 3.63) is 29.8 Å². The lowest BCUT2D eigenvalue weighted by molar-refractivity contribution is 0.841. The van der Waals surface area contributed by atoms with E-state index in [1.165, 1.54) is 0 Å². The molecule has 0 aliphatic carbocycles. The van der Waals surface area contributed by atoms with Crippen LogP contribution in [0.3, 0.4) is 0 Å². The SMILES string of the molecule is CC.Cc1nc(C)c2cccn2n1. The van der Waals surface area contributed by atoms with Crippen LogP contribution in [0.2, 0.25) is 0 Å². The Morgan fingerprint density at radius 2 is 1.92 bits per heavy atom. The normalized spacial score (nSPS) is 9.54. The Morgan fingerprint density at radius 1 is 1.23 bits per heavy atom. The smallest absolute Gasteiger partial charge is 0.146 e. The second-order valence-corrected chi connectivity index (χ2v) is 2.58. The zero-order valence-electron chi connectivity index (χ0n) is 8.57. The molecule has 3 heteroatoms. The molecule has 0 aromatic carbocycles. The van der Waals surface area contributed by atoms with Gasteiger partial charge < -0.3 is 0 Å². The second-order valence-electron chi connectivity index (χ2n) is 2.58. The standard InChI is InChI=1S/C8H9N3.C2H6/c1-6-8-4-3-5-11(8)10-7(2)9-6;1-2/h3-5H,1-2H3;1-2H3. The lowest BCUT2D eigenvalue weighted by Crippen LogP contribution is -1.98. The predicted octanol–water partition coefficient (Wildman–Crippen LogP) is 2.37. The van der Waals surface area contributed by atoms with Crippen LogP contribution in [0.25, 0.3) is 5.52 Å². The van der Waals surface area contributed by atoms with Crippen molar-refractivity contribution >= 4 is 5.52 Å². The fourth-order valence-electron chi connectivity index (χ4n) is 1.22. The van der Waals surface area contributed by atoms with Gasteiger partial charge in [-0.1, -0.05) is 13.8 Å². The van der Waals surface area contributed by atoms with E-state index in [-0.39, 0.29) is 0 Å². The van der Waals surface area contributed by atoms with Gasteiger partial charge in [0.05, 0.1) is 11.2 Å². The summed E-state index contributed by atoms with van der Waals surface area (Å²) in [4.78, 5) is 4.24. The van der Waals surface area contributed by atoms with Gasteiger partial charge in [0.15, 0.2) is 0 Å². The number of fused-ring (bicyclic) bond motifs is 1. The van der Waals surface area contributed by atoms with Gasteiger partial charge in [0.2, 0.25) is 0 Å². The van der Waals surface area contributed by atoms with Crippen LogP contribution in [0.1, 0.15) is 25.4 Å². The molecule has 0 amide bonds. The largest absolute Gasteiger partial charge is 0.237 e. The molecule has 2 aromatic rings. The Labute approximate surface area is 78.4 Å². The molecule has 0 unspecified atom stereocenters. The Balaban J connectivity index is 0.000000396. The van der Waals surface area contributed by atoms with Crippen molar-refractivity contribution in [3.8, 4) is 0 Å². The summed E-state index contributed by atoms with van der Waals surface area (Å²) in [6.45, 7) is 7.89. The molecule has 2 rings (SSSR count). The summed E-state index contributed by atoms with van der Waals surface area (Å²) in [5.41, 5.74) is 2.11. The van der Waals surface area contributed by atoms with Gasteiger partial charge in [-0.2, -0.15) is 5.10 Å². The van der Waals surface area contributed by atoms with E-state index in [0.717, 1.165) is 17.0 Å². The van der Waals surface area contributed by atoms with Gasteiger partial charge >= 0.3 is 0 Å². The fourth-order valence-corrected chi connectivity index (χ4v) is 1.22. The molecule has 0 atom stereocenters. The fraction of sp³-hybridized carbons (Fsp3) is 0.400. The third kappa shape index (κ3) is 1.86. The third-order valence-electron chi connectivity index (χ3n) is 1.68. The summed E-state index contributed by atoms with van der Waals surface area (Å²) >= 11 is 0. The zero-order chi connectivity index (χ0) is 9.84. The molecule has 70 valence electrons. The van der Waals surface area contributed by atoms with Gasteiger partial charge in [-0.25, -0.2) is 9.50 Å². The van der Waals surface area contributed by atoms with Crippen molar-refractivity contribution in [2.24, 2.45) is 0 Å². The first-order chi connectivity index (χ1) is 6.27.